The highest BCUT2D eigenvalue weighted by atomic mass is 16.5. The maximum absolute atomic E-state index is 11.4. The SMILES string of the molecule is CCC[C@@H](NCC1CCN(C(C)C)CC1)c1ccc(C(=O)NO)cc1. The topological polar surface area (TPSA) is 64.6 Å². The van der Waals surface area contributed by atoms with Crippen LogP contribution in [0.25, 0.3) is 0 Å². The zero-order chi connectivity index (χ0) is 18.2. The summed E-state index contributed by atoms with van der Waals surface area (Å²) in [5, 5.41) is 12.5. The Kier molecular flexibility index (Phi) is 7.88. The molecule has 0 spiro atoms. The second-order valence-corrected chi connectivity index (χ2v) is 7.39. The van der Waals surface area contributed by atoms with Gasteiger partial charge in [0.2, 0.25) is 0 Å². The molecule has 0 bridgehead atoms. The first-order valence-electron chi connectivity index (χ1n) is 9.57. The lowest BCUT2D eigenvalue weighted by atomic mass is 9.94. The number of nitrogens with one attached hydrogen (secondary N) is 2. The van der Waals surface area contributed by atoms with E-state index in [0.29, 0.717) is 17.6 Å². The van der Waals surface area contributed by atoms with Crippen LogP contribution >= 0.6 is 0 Å². The van der Waals surface area contributed by atoms with Crippen molar-refractivity contribution >= 4 is 5.91 Å². The minimum Gasteiger partial charge on any atom is -0.310 e. The Balaban J connectivity index is 1.89. The molecule has 1 aromatic carbocycles. The maximum atomic E-state index is 11.4. The lowest BCUT2D eigenvalue weighted by Crippen LogP contribution is -2.41. The second-order valence-electron chi connectivity index (χ2n) is 7.39. The second kappa shape index (κ2) is 9.90. The Hall–Kier alpha value is -1.43. The van der Waals surface area contributed by atoms with Crippen molar-refractivity contribution in [2.75, 3.05) is 19.6 Å². The third-order valence-electron chi connectivity index (χ3n) is 5.29. The number of piperidine rings is 1. The summed E-state index contributed by atoms with van der Waals surface area (Å²) in [5.74, 6) is 0.275. The molecule has 0 saturated carbocycles. The van der Waals surface area contributed by atoms with E-state index in [0.717, 1.165) is 25.3 Å². The van der Waals surface area contributed by atoms with Gasteiger partial charge in [-0.25, -0.2) is 5.48 Å². The molecule has 5 nitrogen and oxygen atoms in total. The van der Waals surface area contributed by atoms with E-state index in [2.05, 4.69) is 31.0 Å². The van der Waals surface area contributed by atoms with Crippen molar-refractivity contribution in [3.8, 4) is 0 Å². The summed E-state index contributed by atoms with van der Waals surface area (Å²) in [5.41, 5.74) is 3.36. The minimum absolute atomic E-state index is 0.319. The predicted molar refractivity (Wildman–Crippen MR) is 101 cm³/mol. The molecule has 1 aliphatic rings. The number of nitrogens with zero attached hydrogens (tertiary/aromatic N) is 1. The van der Waals surface area contributed by atoms with Crippen LogP contribution in [-0.2, 0) is 0 Å². The van der Waals surface area contributed by atoms with Gasteiger partial charge in [-0.15, -0.1) is 0 Å². The summed E-state index contributed by atoms with van der Waals surface area (Å²) in [6.07, 6.45) is 4.72. The Morgan fingerprint density at radius 1 is 1.24 bits per heavy atom. The summed E-state index contributed by atoms with van der Waals surface area (Å²) in [4.78, 5) is 14.0. The van der Waals surface area contributed by atoms with Gasteiger partial charge in [-0.05, 0) is 76.4 Å². The fraction of sp³-hybridized carbons (Fsp3) is 0.650. The molecule has 1 amide bonds. The van der Waals surface area contributed by atoms with Crippen molar-refractivity contribution in [3.05, 3.63) is 35.4 Å². The number of amides is 1. The summed E-state index contributed by atoms with van der Waals surface area (Å²) in [7, 11) is 0. The van der Waals surface area contributed by atoms with Crippen LogP contribution in [0, 0.1) is 5.92 Å². The van der Waals surface area contributed by atoms with Crippen LogP contribution in [0.4, 0.5) is 0 Å². The smallest absolute Gasteiger partial charge is 0.274 e. The normalized spacial score (nSPS) is 17.6. The largest absolute Gasteiger partial charge is 0.310 e. The monoisotopic (exact) mass is 347 g/mol. The van der Waals surface area contributed by atoms with Gasteiger partial charge in [0.15, 0.2) is 0 Å². The molecule has 25 heavy (non-hydrogen) atoms. The predicted octanol–water partition coefficient (Wildman–Crippen LogP) is 3.36. The van der Waals surface area contributed by atoms with E-state index < -0.39 is 5.91 Å². The molecule has 0 unspecified atom stereocenters. The highest BCUT2D eigenvalue weighted by Crippen LogP contribution is 2.22. The van der Waals surface area contributed by atoms with Crippen molar-refractivity contribution in [1.82, 2.24) is 15.7 Å². The first-order chi connectivity index (χ1) is 12.0. The number of benzene rings is 1. The Morgan fingerprint density at radius 2 is 1.88 bits per heavy atom. The van der Waals surface area contributed by atoms with Crippen molar-refractivity contribution in [2.24, 2.45) is 5.92 Å². The van der Waals surface area contributed by atoms with E-state index in [1.165, 1.54) is 31.5 Å². The van der Waals surface area contributed by atoms with Gasteiger partial charge >= 0.3 is 0 Å². The molecule has 1 fully saturated rings. The minimum atomic E-state index is -0.469. The molecule has 5 heteroatoms. The number of rotatable bonds is 8. The zero-order valence-electron chi connectivity index (χ0n) is 15.8. The lowest BCUT2D eigenvalue weighted by molar-refractivity contribution is 0.0706. The average Bonchev–Trinajstić information content (AvgIpc) is 2.65. The van der Waals surface area contributed by atoms with Crippen LogP contribution in [-0.4, -0.2) is 41.7 Å². The highest BCUT2D eigenvalue weighted by Gasteiger charge is 2.21. The Bertz CT molecular complexity index is 522. The van der Waals surface area contributed by atoms with Gasteiger partial charge in [0.25, 0.3) is 5.91 Å². The van der Waals surface area contributed by atoms with E-state index >= 15 is 0 Å². The van der Waals surface area contributed by atoms with Gasteiger partial charge < -0.3 is 10.2 Å². The van der Waals surface area contributed by atoms with Crippen molar-refractivity contribution in [2.45, 2.75) is 58.5 Å². The molecule has 0 aromatic heterocycles. The summed E-state index contributed by atoms with van der Waals surface area (Å²) in [6, 6.07) is 8.48. The first kappa shape index (κ1) is 19.9. The number of carbonyl (C=O) groups is 1. The Morgan fingerprint density at radius 3 is 2.40 bits per heavy atom. The number of hydroxylamine groups is 1. The maximum Gasteiger partial charge on any atom is 0.274 e. The zero-order valence-corrected chi connectivity index (χ0v) is 15.8. The first-order valence-corrected chi connectivity index (χ1v) is 9.57. The molecule has 1 aliphatic heterocycles. The van der Waals surface area contributed by atoms with Gasteiger partial charge in [-0.2, -0.15) is 0 Å². The van der Waals surface area contributed by atoms with Gasteiger partial charge in [0.1, 0.15) is 0 Å². The van der Waals surface area contributed by atoms with Gasteiger partial charge in [-0.1, -0.05) is 25.5 Å². The molecule has 140 valence electrons. The molecule has 2 rings (SSSR count). The number of hydrogen-bond acceptors (Lipinski definition) is 4. The molecule has 1 aromatic rings. The summed E-state index contributed by atoms with van der Waals surface area (Å²) >= 11 is 0. The number of hydrogen-bond donors (Lipinski definition) is 3. The third kappa shape index (κ3) is 5.80. The van der Waals surface area contributed by atoms with Crippen LogP contribution in [0.2, 0.25) is 0 Å². The third-order valence-corrected chi connectivity index (χ3v) is 5.29. The van der Waals surface area contributed by atoms with E-state index in [1.54, 1.807) is 17.6 Å². The van der Waals surface area contributed by atoms with Crippen LogP contribution in [0.15, 0.2) is 24.3 Å². The van der Waals surface area contributed by atoms with E-state index in [4.69, 9.17) is 5.21 Å². The fourth-order valence-corrected chi connectivity index (χ4v) is 3.59. The molecule has 1 saturated heterocycles. The van der Waals surface area contributed by atoms with Crippen LogP contribution in [0.5, 0.6) is 0 Å². The van der Waals surface area contributed by atoms with Crippen molar-refractivity contribution in [1.29, 1.82) is 0 Å². The van der Waals surface area contributed by atoms with Crippen LogP contribution in [0.1, 0.15) is 68.4 Å². The molecular formula is C20H33N3O2. The molecule has 1 atom stereocenters. The lowest BCUT2D eigenvalue weighted by Gasteiger charge is -2.35. The average molecular weight is 348 g/mol. The molecule has 3 N–H and O–H groups in total. The highest BCUT2D eigenvalue weighted by molar-refractivity contribution is 5.93. The fourth-order valence-electron chi connectivity index (χ4n) is 3.59. The molecule has 1 heterocycles. The molecule has 0 radical (unpaired) electrons. The number of carbonyl (C=O) groups excluding carboxylic acids is 1. The van der Waals surface area contributed by atoms with Crippen molar-refractivity contribution in [3.63, 3.8) is 0 Å². The quantitative estimate of drug-likeness (QED) is 0.498. The van der Waals surface area contributed by atoms with E-state index in [1.807, 2.05) is 12.1 Å². The van der Waals surface area contributed by atoms with Crippen molar-refractivity contribution < 1.29 is 10.0 Å². The summed E-state index contributed by atoms with van der Waals surface area (Å²) in [6.45, 7) is 10.2. The van der Waals surface area contributed by atoms with Gasteiger partial charge in [-0.3, -0.25) is 10.0 Å². The number of likely N-dealkylation sites (tertiary alicyclic amines) is 1. The van der Waals surface area contributed by atoms with Gasteiger partial charge in [0.05, 0.1) is 0 Å². The summed E-state index contributed by atoms with van der Waals surface area (Å²) < 4.78 is 0. The van der Waals surface area contributed by atoms with E-state index in [9.17, 15) is 4.79 Å². The molecule has 0 aliphatic carbocycles. The van der Waals surface area contributed by atoms with E-state index in [-0.39, 0.29) is 0 Å². The van der Waals surface area contributed by atoms with Crippen LogP contribution in [0.3, 0.4) is 0 Å². The van der Waals surface area contributed by atoms with Crippen LogP contribution < -0.4 is 10.8 Å². The molecular weight excluding hydrogens is 314 g/mol. The van der Waals surface area contributed by atoms with Gasteiger partial charge in [0, 0.05) is 17.6 Å². The Labute approximate surface area is 151 Å². The standard InChI is InChI=1S/C20H33N3O2/c1-4-5-19(17-6-8-18(9-7-17)20(24)22-25)21-14-16-10-12-23(13-11-16)15(2)3/h6-9,15-16,19,21,25H,4-5,10-14H2,1-3H3,(H,22,24)/t19-/m1/s1.